The lowest BCUT2D eigenvalue weighted by atomic mass is 10.1. The molecule has 0 spiro atoms. The first-order valence-electron chi connectivity index (χ1n) is 6.19. The standard InChI is InChI=1S/C13H15FN2O5/c1-7(13(18)19)3-4-15-12(17)10-6-9(16(20)21)5-8(2)11(10)14/h5-7H,3-4H2,1-2H3,(H,15,17)(H,18,19). The Hall–Kier alpha value is -2.51. The molecule has 7 nitrogen and oxygen atoms in total. The molecule has 1 rings (SSSR count). The number of nitro groups is 1. The van der Waals surface area contributed by atoms with Crippen LogP contribution in [-0.4, -0.2) is 28.5 Å². The van der Waals surface area contributed by atoms with E-state index >= 15 is 0 Å². The van der Waals surface area contributed by atoms with Crippen molar-refractivity contribution in [2.24, 2.45) is 5.92 Å². The number of amides is 1. The molecule has 0 fully saturated rings. The highest BCUT2D eigenvalue weighted by molar-refractivity contribution is 5.95. The quantitative estimate of drug-likeness (QED) is 0.615. The predicted octanol–water partition coefficient (Wildman–Crippen LogP) is 1.88. The number of hydrogen-bond donors (Lipinski definition) is 2. The summed E-state index contributed by atoms with van der Waals surface area (Å²) < 4.78 is 13.8. The summed E-state index contributed by atoms with van der Waals surface area (Å²) >= 11 is 0. The number of nitrogens with one attached hydrogen (secondary N) is 1. The SMILES string of the molecule is Cc1cc([N+](=O)[O-])cc(C(=O)NCCC(C)C(=O)O)c1F. The molecule has 1 amide bonds. The molecule has 0 heterocycles. The van der Waals surface area contributed by atoms with Gasteiger partial charge in [0.2, 0.25) is 0 Å². The number of carbonyl (C=O) groups excluding carboxylic acids is 1. The van der Waals surface area contributed by atoms with E-state index in [9.17, 15) is 24.1 Å². The predicted molar refractivity (Wildman–Crippen MR) is 71.5 cm³/mol. The second-order valence-corrected chi connectivity index (χ2v) is 4.67. The van der Waals surface area contributed by atoms with Crippen molar-refractivity contribution in [2.45, 2.75) is 20.3 Å². The Kier molecular flexibility index (Phi) is 5.34. The number of benzene rings is 1. The first-order chi connectivity index (χ1) is 9.73. The number of halogens is 1. The zero-order chi connectivity index (χ0) is 16.2. The molecule has 0 aliphatic carbocycles. The van der Waals surface area contributed by atoms with Crippen LogP contribution in [0, 0.1) is 28.8 Å². The Morgan fingerprint density at radius 3 is 2.62 bits per heavy atom. The second kappa shape index (κ2) is 6.78. The number of non-ortho nitro benzene ring substituents is 1. The maximum atomic E-state index is 13.8. The van der Waals surface area contributed by atoms with Gasteiger partial charge in [0.1, 0.15) is 5.82 Å². The first kappa shape index (κ1) is 16.5. The van der Waals surface area contributed by atoms with Crippen molar-refractivity contribution in [1.29, 1.82) is 0 Å². The highest BCUT2D eigenvalue weighted by Gasteiger charge is 2.20. The van der Waals surface area contributed by atoms with Crippen molar-refractivity contribution in [2.75, 3.05) is 6.54 Å². The van der Waals surface area contributed by atoms with E-state index in [1.807, 2.05) is 0 Å². The normalized spacial score (nSPS) is 11.8. The van der Waals surface area contributed by atoms with Crippen LogP contribution in [0.4, 0.5) is 10.1 Å². The molecule has 21 heavy (non-hydrogen) atoms. The van der Waals surface area contributed by atoms with Crippen molar-refractivity contribution < 1.29 is 24.0 Å². The molecule has 8 heteroatoms. The molecule has 0 saturated heterocycles. The van der Waals surface area contributed by atoms with Gasteiger partial charge in [-0.25, -0.2) is 4.39 Å². The van der Waals surface area contributed by atoms with E-state index < -0.39 is 34.1 Å². The highest BCUT2D eigenvalue weighted by Crippen LogP contribution is 2.21. The van der Waals surface area contributed by atoms with Crippen LogP contribution in [0.3, 0.4) is 0 Å². The molecular weight excluding hydrogens is 283 g/mol. The molecule has 1 aromatic carbocycles. The summed E-state index contributed by atoms with van der Waals surface area (Å²) in [5.41, 5.74) is -0.809. The summed E-state index contributed by atoms with van der Waals surface area (Å²) in [5, 5.41) is 21.8. The second-order valence-electron chi connectivity index (χ2n) is 4.67. The number of aliphatic carboxylic acids is 1. The molecule has 1 aromatic rings. The van der Waals surface area contributed by atoms with E-state index in [-0.39, 0.29) is 24.2 Å². The zero-order valence-electron chi connectivity index (χ0n) is 11.6. The summed E-state index contributed by atoms with van der Waals surface area (Å²) in [5.74, 6) is -3.29. The van der Waals surface area contributed by atoms with Gasteiger partial charge in [-0.3, -0.25) is 19.7 Å². The van der Waals surface area contributed by atoms with Gasteiger partial charge >= 0.3 is 5.97 Å². The average Bonchev–Trinajstić information content (AvgIpc) is 2.40. The van der Waals surface area contributed by atoms with Gasteiger partial charge in [0.25, 0.3) is 11.6 Å². The fourth-order valence-corrected chi connectivity index (χ4v) is 1.64. The maximum absolute atomic E-state index is 13.8. The van der Waals surface area contributed by atoms with Gasteiger partial charge in [0.05, 0.1) is 16.4 Å². The van der Waals surface area contributed by atoms with Gasteiger partial charge in [-0.1, -0.05) is 6.92 Å². The number of carbonyl (C=O) groups is 2. The molecular formula is C13H15FN2O5. The lowest BCUT2D eigenvalue weighted by molar-refractivity contribution is -0.385. The molecule has 1 atom stereocenters. The highest BCUT2D eigenvalue weighted by atomic mass is 19.1. The smallest absolute Gasteiger partial charge is 0.306 e. The van der Waals surface area contributed by atoms with Gasteiger partial charge < -0.3 is 10.4 Å². The lowest BCUT2D eigenvalue weighted by Gasteiger charge is -2.09. The zero-order valence-corrected chi connectivity index (χ0v) is 11.6. The van der Waals surface area contributed by atoms with Gasteiger partial charge in [0, 0.05) is 18.7 Å². The van der Waals surface area contributed by atoms with Crippen LogP contribution in [0.15, 0.2) is 12.1 Å². The summed E-state index contributed by atoms with van der Waals surface area (Å²) in [7, 11) is 0. The molecule has 0 aliphatic heterocycles. The van der Waals surface area contributed by atoms with Gasteiger partial charge in [-0.15, -0.1) is 0 Å². The number of carboxylic acid groups (broad SMARTS) is 1. The van der Waals surface area contributed by atoms with E-state index in [1.165, 1.54) is 13.8 Å². The number of aryl methyl sites for hydroxylation is 1. The molecule has 0 bridgehead atoms. The largest absolute Gasteiger partial charge is 0.481 e. The van der Waals surface area contributed by atoms with E-state index in [0.29, 0.717) is 0 Å². The van der Waals surface area contributed by atoms with Crippen LogP contribution in [0.5, 0.6) is 0 Å². The minimum atomic E-state index is -0.998. The van der Waals surface area contributed by atoms with E-state index in [4.69, 9.17) is 5.11 Å². The van der Waals surface area contributed by atoms with Crippen LogP contribution in [0.25, 0.3) is 0 Å². The van der Waals surface area contributed by atoms with E-state index in [1.54, 1.807) is 0 Å². The maximum Gasteiger partial charge on any atom is 0.306 e. The minimum absolute atomic E-state index is 0.00625. The summed E-state index contributed by atoms with van der Waals surface area (Å²) in [6.07, 6.45) is 0.177. The third-order valence-corrected chi connectivity index (χ3v) is 2.98. The Morgan fingerprint density at radius 2 is 2.10 bits per heavy atom. The van der Waals surface area contributed by atoms with Crippen molar-refractivity contribution in [3.63, 3.8) is 0 Å². The molecule has 114 valence electrons. The van der Waals surface area contributed by atoms with Crippen LogP contribution >= 0.6 is 0 Å². The molecule has 0 aromatic heterocycles. The van der Waals surface area contributed by atoms with Crippen molar-refractivity contribution >= 4 is 17.6 Å². The first-order valence-corrected chi connectivity index (χ1v) is 6.19. The summed E-state index contributed by atoms with van der Waals surface area (Å²) in [6.45, 7) is 2.84. The molecule has 0 saturated carbocycles. The Morgan fingerprint density at radius 1 is 1.48 bits per heavy atom. The fraction of sp³-hybridized carbons (Fsp3) is 0.385. The van der Waals surface area contributed by atoms with Crippen molar-refractivity contribution in [1.82, 2.24) is 5.32 Å². The summed E-state index contributed by atoms with van der Waals surface area (Å²) in [6, 6.07) is 1.90. The summed E-state index contributed by atoms with van der Waals surface area (Å²) in [4.78, 5) is 32.4. The van der Waals surface area contributed by atoms with Gasteiger partial charge in [-0.05, 0) is 18.9 Å². The number of carboxylic acids is 1. The molecule has 2 N–H and O–H groups in total. The monoisotopic (exact) mass is 298 g/mol. The lowest BCUT2D eigenvalue weighted by Crippen LogP contribution is -2.28. The van der Waals surface area contributed by atoms with Crippen molar-refractivity contribution in [3.05, 3.63) is 39.2 Å². The number of nitro benzene ring substituents is 1. The number of nitrogens with zero attached hydrogens (tertiary/aromatic N) is 1. The number of hydrogen-bond acceptors (Lipinski definition) is 4. The minimum Gasteiger partial charge on any atom is -0.481 e. The molecule has 0 radical (unpaired) electrons. The Labute approximate surface area is 119 Å². The van der Waals surface area contributed by atoms with Gasteiger partial charge in [-0.2, -0.15) is 0 Å². The Balaban J connectivity index is 2.83. The third-order valence-electron chi connectivity index (χ3n) is 2.98. The Bertz CT molecular complexity index is 588. The molecule has 1 unspecified atom stereocenters. The van der Waals surface area contributed by atoms with E-state index in [2.05, 4.69) is 5.32 Å². The van der Waals surface area contributed by atoms with E-state index in [0.717, 1.165) is 12.1 Å². The topological polar surface area (TPSA) is 110 Å². The average molecular weight is 298 g/mol. The van der Waals surface area contributed by atoms with Gasteiger partial charge in [0.15, 0.2) is 0 Å². The molecule has 0 aliphatic rings. The van der Waals surface area contributed by atoms with Crippen LogP contribution in [-0.2, 0) is 4.79 Å². The number of rotatable bonds is 6. The van der Waals surface area contributed by atoms with Crippen LogP contribution in [0.1, 0.15) is 29.3 Å². The van der Waals surface area contributed by atoms with Crippen molar-refractivity contribution in [3.8, 4) is 0 Å². The van der Waals surface area contributed by atoms with Crippen LogP contribution in [0.2, 0.25) is 0 Å². The van der Waals surface area contributed by atoms with Crippen LogP contribution < -0.4 is 5.32 Å². The third kappa shape index (κ3) is 4.23. The fourth-order valence-electron chi connectivity index (χ4n) is 1.64.